The summed E-state index contributed by atoms with van der Waals surface area (Å²) in [5.74, 6) is 0.0513. The number of phenolic OH excluding ortho intramolecular Hbond substituents is 1. The number of rotatable bonds is 1. The molecule has 1 heterocycles. The smallest absolute Gasteiger partial charge is 0.331 e. The first-order valence-corrected chi connectivity index (χ1v) is 5.73. The van der Waals surface area contributed by atoms with Gasteiger partial charge >= 0.3 is 5.69 Å². The highest BCUT2D eigenvalue weighted by atomic mass is 35.5. The summed E-state index contributed by atoms with van der Waals surface area (Å²) in [6.07, 6.45) is 0. The second-order valence-electron chi connectivity index (χ2n) is 3.92. The number of phenols is 1. The van der Waals surface area contributed by atoms with Crippen molar-refractivity contribution in [1.82, 2.24) is 9.55 Å². The number of halogens is 1. The standard InChI is InChI=1S/C13H9ClN2O2/c14-8-5-6-10-9(7-8)15-13(18)16(10)11-3-1-2-4-12(11)17/h1-7,17H,(H,15,18). The van der Waals surface area contributed by atoms with E-state index >= 15 is 0 Å². The minimum atomic E-state index is -0.311. The molecule has 0 amide bonds. The number of aromatic nitrogens is 2. The Balaban J connectivity index is 2.40. The molecule has 3 aromatic rings. The van der Waals surface area contributed by atoms with Crippen molar-refractivity contribution in [2.24, 2.45) is 0 Å². The number of aromatic amines is 1. The average Bonchev–Trinajstić information content (AvgIpc) is 2.65. The van der Waals surface area contributed by atoms with Gasteiger partial charge in [0.05, 0.1) is 16.7 Å². The number of H-pyrrole nitrogens is 1. The largest absolute Gasteiger partial charge is 0.506 e. The van der Waals surface area contributed by atoms with Crippen LogP contribution in [0.4, 0.5) is 0 Å². The molecule has 0 saturated carbocycles. The van der Waals surface area contributed by atoms with Gasteiger partial charge in [-0.3, -0.25) is 4.57 Å². The van der Waals surface area contributed by atoms with Gasteiger partial charge < -0.3 is 10.1 Å². The average molecular weight is 261 g/mol. The molecule has 0 bridgehead atoms. The first-order chi connectivity index (χ1) is 8.66. The van der Waals surface area contributed by atoms with Gasteiger partial charge in [0.2, 0.25) is 0 Å². The van der Waals surface area contributed by atoms with Crippen molar-refractivity contribution in [3.05, 3.63) is 58.0 Å². The summed E-state index contributed by atoms with van der Waals surface area (Å²) in [5, 5.41) is 10.4. The summed E-state index contributed by atoms with van der Waals surface area (Å²) in [5.41, 5.74) is 1.44. The van der Waals surface area contributed by atoms with Crippen molar-refractivity contribution < 1.29 is 5.11 Å². The molecule has 0 fully saturated rings. The van der Waals surface area contributed by atoms with E-state index in [1.165, 1.54) is 10.6 Å². The van der Waals surface area contributed by atoms with E-state index in [0.29, 0.717) is 21.7 Å². The molecular weight excluding hydrogens is 252 g/mol. The molecule has 2 aromatic carbocycles. The summed E-state index contributed by atoms with van der Waals surface area (Å²) in [6, 6.07) is 11.8. The Kier molecular flexibility index (Phi) is 2.38. The summed E-state index contributed by atoms with van der Waals surface area (Å²) in [6.45, 7) is 0. The van der Waals surface area contributed by atoms with E-state index in [4.69, 9.17) is 11.6 Å². The van der Waals surface area contributed by atoms with Crippen LogP contribution in [0.25, 0.3) is 16.7 Å². The Morgan fingerprint density at radius 1 is 1.17 bits per heavy atom. The summed E-state index contributed by atoms with van der Waals surface area (Å²) < 4.78 is 1.42. The molecule has 0 aliphatic carbocycles. The van der Waals surface area contributed by atoms with Crippen molar-refractivity contribution >= 4 is 22.6 Å². The summed E-state index contributed by atoms with van der Waals surface area (Å²) in [4.78, 5) is 14.7. The van der Waals surface area contributed by atoms with Crippen molar-refractivity contribution in [1.29, 1.82) is 0 Å². The Hall–Kier alpha value is -2.20. The topological polar surface area (TPSA) is 58.0 Å². The maximum absolute atomic E-state index is 12.0. The van der Waals surface area contributed by atoms with Gasteiger partial charge in [-0.25, -0.2) is 4.79 Å². The van der Waals surface area contributed by atoms with Gasteiger partial charge in [-0.2, -0.15) is 0 Å². The number of fused-ring (bicyclic) bond motifs is 1. The van der Waals surface area contributed by atoms with Crippen LogP contribution in [0.5, 0.6) is 5.75 Å². The van der Waals surface area contributed by atoms with Crippen molar-refractivity contribution in [3.8, 4) is 11.4 Å². The third kappa shape index (κ3) is 1.58. The van der Waals surface area contributed by atoms with Gasteiger partial charge in [0, 0.05) is 5.02 Å². The normalized spacial score (nSPS) is 10.9. The maximum atomic E-state index is 12.0. The SMILES string of the molecule is O=c1[nH]c2cc(Cl)ccc2n1-c1ccccc1O. The molecule has 1 aromatic heterocycles. The second kappa shape index (κ2) is 3.92. The first-order valence-electron chi connectivity index (χ1n) is 5.35. The molecule has 0 atom stereocenters. The zero-order valence-corrected chi connectivity index (χ0v) is 9.98. The molecule has 0 aliphatic rings. The Morgan fingerprint density at radius 3 is 2.72 bits per heavy atom. The van der Waals surface area contributed by atoms with E-state index < -0.39 is 0 Å². The quantitative estimate of drug-likeness (QED) is 0.707. The lowest BCUT2D eigenvalue weighted by Gasteiger charge is -2.05. The van der Waals surface area contributed by atoms with Crippen LogP contribution < -0.4 is 5.69 Å². The lowest BCUT2D eigenvalue weighted by molar-refractivity contribution is 0.472. The molecule has 0 aliphatic heterocycles. The van der Waals surface area contributed by atoms with Crippen LogP contribution in [0.3, 0.4) is 0 Å². The molecule has 2 N–H and O–H groups in total. The van der Waals surface area contributed by atoms with E-state index in [1.54, 1.807) is 36.4 Å². The van der Waals surface area contributed by atoms with Gasteiger partial charge in [0.15, 0.2) is 0 Å². The minimum absolute atomic E-state index is 0.0513. The van der Waals surface area contributed by atoms with Crippen LogP contribution in [-0.2, 0) is 0 Å². The molecular formula is C13H9ClN2O2. The molecule has 90 valence electrons. The number of nitrogens with one attached hydrogen (secondary N) is 1. The zero-order chi connectivity index (χ0) is 12.7. The molecule has 4 nitrogen and oxygen atoms in total. The highest BCUT2D eigenvalue weighted by molar-refractivity contribution is 6.31. The highest BCUT2D eigenvalue weighted by Crippen LogP contribution is 2.24. The minimum Gasteiger partial charge on any atom is -0.506 e. The van der Waals surface area contributed by atoms with Crippen LogP contribution in [0, 0.1) is 0 Å². The van der Waals surface area contributed by atoms with E-state index in [2.05, 4.69) is 4.98 Å². The van der Waals surface area contributed by atoms with Crippen molar-refractivity contribution in [2.45, 2.75) is 0 Å². The number of nitrogens with zero attached hydrogens (tertiary/aromatic N) is 1. The van der Waals surface area contributed by atoms with Crippen molar-refractivity contribution in [2.75, 3.05) is 0 Å². The third-order valence-electron chi connectivity index (χ3n) is 2.77. The molecule has 18 heavy (non-hydrogen) atoms. The Morgan fingerprint density at radius 2 is 1.94 bits per heavy atom. The van der Waals surface area contributed by atoms with Crippen LogP contribution in [0.15, 0.2) is 47.3 Å². The third-order valence-corrected chi connectivity index (χ3v) is 3.00. The highest BCUT2D eigenvalue weighted by Gasteiger charge is 2.11. The molecule has 0 unspecified atom stereocenters. The fraction of sp³-hybridized carbons (Fsp3) is 0. The number of hydrogen-bond donors (Lipinski definition) is 2. The van der Waals surface area contributed by atoms with Crippen LogP contribution in [-0.4, -0.2) is 14.7 Å². The number of imidazole rings is 1. The second-order valence-corrected chi connectivity index (χ2v) is 4.35. The monoisotopic (exact) mass is 260 g/mol. The van der Waals surface area contributed by atoms with E-state index in [1.807, 2.05) is 0 Å². The van der Waals surface area contributed by atoms with Gasteiger partial charge in [-0.15, -0.1) is 0 Å². The number of benzene rings is 2. The summed E-state index contributed by atoms with van der Waals surface area (Å²) >= 11 is 5.88. The number of aromatic hydroxyl groups is 1. The molecule has 0 radical (unpaired) electrons. The van der Waals surface area contributed by atoms with E-state index in [-0.39, 0.29) is 11.4 Å². The van der Waals surface area contributed by atoms with Gasteiger partial charge in [0.25, 0.3) is 0 Å². The number of hydrogen-bond acceptors (Lipinski definition) is 2. The fourth-order valence-electron chi connectivity index (χ4n) is 1.98. The number of para-hydroxylation sites is 2. The predicted molar refractivity (Wildman–Crippen MR) is 70.6 cm³/mol. The van der Waals surface area contributed by atoms with Gasteiger partial charge in [0.1, 0.15) is 5.75 Å². The van der Waals surface area contributed by atoms with E-state index in [9.17, 15) is 9.90 Å². The molecule has 0 spiro atoms. The van der Waals surface area contributed by atoms with Gasteiger partial charge in [-0.05, 0) is 30.3 Å². The fourth-order valence-corrected chi connectivity index (χ4v) is 2.15. The lowest BCUT2D eigenvalue weighted by atomic mass is 10.2. The Bertz CT molecular complexity index is 789. The lowest BCUT2D eigenvalue weighted by Crippen LogP contribution is -2.14. The Labute approximate surface area is 107 Å². The van der Waals surface area contributed by atoms with Gasteiger partial charge in [-0.1, -0.05) is 23.7 Å². The first kappa shape index (κ1) is 10.9. The molecule has 5 heteroatoms. The summed E-state index contributed by atoms with van der Waals surface area (Å²) in [7, 11) is 0. The molecule has 0 saturated heterocycles. The maximum Gasteiger partial charge on any atom is 0.331 e. The van der Waals surface area contributed by atoms with E-state index in [0.717, 1.165) is 0 Å². The van der Waals surface area contributed by atoms with Crippen LogP contribution >= 0.6 is 11.6 Å². The van der Waals surface area contributed by atoms with Crippen molar-refractivity contribution in [3.63, 3.8) is 0 Å². The van der Waals surface area contributed by atoms with Crippen LogP contribution in [0.2, 0.25) is 5.02 Å². The predicted octanol–water partition coefficient (Wildman–Crippen LogP) is 2.68. The zero-order valence-electron chi connectivity index (χ0n) is 9.22. The molecule has 3 rings (SSSR count). The van der Waals surface area contributed by atoms with Crippen LogP contribution in [0.1, 0.15) is 0 Å².